The third kappa shape index (κ3) is 5.00. The summed E-state index contributed by atoms with van der Waals surface area (Å²) in [6.07, 6.45) is 6.29. The van der Waals surface area contributed by atoms with Gasteiger partial charge < -0.3 is 4.74 Å². The number of aromatic nitrogens is 1. The second-order valence-corrected chi connectivity index (χ2v) is 4.40. The van der Waals surface area contributed by atoms with Gasteiger partial charge in [0.1, 0.15) is 11.0 Å². The molecule has 1 rings (SSSR count). The number of carbonyl (C=O) groups is 1. The largest absolute Gasteiger partial charge is 0.462 e. The fraction of sp³-hybridized carbons (Fsp3) is 0.538. The maximum atomic E-state index is 12.9. The van der Waals surface area contributed by atoms with E-state index >= 15 is 0 Å². The molecule has 0 atom stereocenters. The van der Waals surface area contributed by atoms with Gasteiger partial charge in [-0.05, 0) is 12.5 Å². The number of unbranched alkanes of at least 4 members (excludes halogenated alkanes) is 4. The smallest absolute Gasteiger partial charge is 0.341 e. The second-order valence-electron chi connectivity index (χ2n) is 4.04. The van der Waals surface area contributed by atoms with E-state index in [0.717, 1.165) is 31.5 Å². The molecule has 0 unspecified atom stereocenters. The van der Waals surface area contributed by atoms with Crippen LogP contribution in [-0.2, 0) is 4.74 Å². The SMILES string of the molecule is CCCCCCCOC(=O)c1cc(F)cnc1Cl. The standard InChI is InChI=1S/C13H17ClFNO2/c1-2-3-4-5-6-7-18-13(17)11-8-10(15)9-16-12(11)14/h8-9H,2-7H2,1H3. The molecule has 0 aromatic carbocycles. The van der Waals surface area contributed by atoms with Crippen molar-refractivity contribution in [2.75, 3.05) is 6.61 Å². The van der Waals surface area contributed by atoms with Gasteiger partial charge in [0, 0.05) is 0 Å². The van der Waals surface area contributed by atoms with Gasteiger partial charge in [-0.25, -0.2) is 14.2 Å². The predicted octanol–water partition coefficient (Wildman–Crippen LogP) is 4.00. The summed E-state index contributed by atoms with van der Waals surface area (Å²) < 4.78 is 17.9. The summed E-state index contributed by atoms with van der Waals surface area (Å²) in [7, 11) is 0. The summed E-state index contributed by atoms with van der Waals surface area (Å²) in [4.78, 5) is 15.2. The zero-order valence-electron chi connectivity index (χ0n) is 10.4. The Balaban J connectivity index is 2.34. The molecule has 0 fully saturated rings. The maximum Gasteiger partial charge on any atom is 0.341 e. The molecular formula is C13H17ClFNO2. The monoisotopic (exact) mass is 273 g/mol. The molecule has 0 amide bonds. The van der Waals surface area contributed by atoms with Crippen LogP contribution in [0.1, 0.15) is 49.4 Å². The lowest BCUT2D eigenvalue weighted by Crippen LogP contribution is -2.08. The first-order valence-electron chi connectivity index (χ1n) is 6.13. The highest BCUT2D eigenvalue weighted by Crippen LogP contribution is 2.15. The molecule has 1 aromatic heterocycles. The van der Waals surface area contributed by atoms with Gasteiger partial charge in [-0.1, -0.05) is 44.2 Å². The second kappa shape index (κ2) is 8.03. The molecule has 0 N–H and O–H groups in total. The topological polar surface area (TPSA) is 39.2 Å². The molecule has 1 aromatic rings. The fourth-order valence-corrected chi connectivity index (χ4v) is 1.69. The minimum absolute atomic E-state index is 0.0229. The molecule has 0 aliphatic rings. The van der Waals surface area contributed by atoms with Gasteiger partial charge in [0.2, 0.25) is 0 Å². The minimum Gasteiger partial charge on any atom is -0.462 e. The van der Waals surface area contributed by atoms with Crippen LogP contribution in [0, 0.1) is 5.82 Å². The number of ether oxygens (including phenoxy) is 1. The lowest BCUT2D eigenvalue weighted by atomic mass is 10.2. The maximum absolute atomic E-state index is 12.9. The van der Waals surface area contributed by atoms with Crippen LogP contribution in [0.2, 0.25) is 5.15 Å². The predicted molar refractivity (Wildman–Crippen MR) is 68.2 cm³/mol. The van der Waals surface area contributed by atoms with E-state index in [4.69, 9.17) is 16.3 Å². The van der Waals surface area contributed by atoms with Crippen LogP contribution in [-0.4, -0.2) is 17.6 Å². The number of hydrogen-bond acceptors (Lipinski definition) is 3. The van der Waals surface area contributed by atoms with Crippen LogP contribution in [0.15, 0.2) is 12.3 Å². The molecule has 100 valence electrons. The van der Waals surface area contributed by atoms with Crippen LogP contribution >= 0.6 is 11.6 Å². The lowest BCUT2D eigenvalue weighted by molar-refractivity contribution is 0.0497. The summed E-state index contributed by atoms with van der Waals surface area (Å²) >= 11 is 5.69. The van der Waals surface area contributed by atoms with Gasteiger partial charge in [0.15, 0.2) is 0 Å². The number of halogens is 2. The van der Waals surface area contributed by atoms with Crippen LogP contribution in [0.5, 0.6) is 0 Å². The van der Waals surface area contributed by atoms with E-state index in [2.05, 4.69) is 11.9 Å². The van der Waals surface area contributed by atoms with Gasteiger partial charge in [-0.2, -0.15) is 0 Å². The van der Waals surface area contributed by atoms with Crippen molar-refractivity contribution < 1.29 is 13.9 Å². The van der Waals surface area contributed by atoms with E-state index < -0.39 is 11.8 Å². The van der Waals surface area contributed by atoms with E-state index in [1.165, 1.54) is 12.8 Å². The van der Waals surface area contributed by atoms with Crippen molar-refractivity contribution in [3.63, 3.8) is 0 Å². The quantitative estimate of drug-likeness (QED) is 0.428. The van der Waals surface area contributed by atoms with Crippen molar-refractivity contribution >= 4 is 17.6 Å². The highest BCUT2D eigenvalue weighted by molar-refractivity contribution is 6.32. The molecule has 0 aliphatic heterocycles. The molecule has 3 nitrogen and oxygen atoms in total. The molecule has 0 saturated heterocycles. The van der Waals surface area contributed by atoms with E-state index in [1.54, 1.807) is 0 Å². The highest BCUT2D eigenvalue weighted by atomic mass is 35.5. The first-order chi connectivity index (χ1) is 8.65. The van der Waals surface area contributed by atoms with Crippen LogP contribution in [0.4, 0.5) is 4.39 Å². The Hall–Kier alpha value is -1.16. The van der Waals surface area contributed by atoms with Crippen LogP contribution in [0.25, 0.3) is 0 Å². The Morgan fingerprint density at radius 3 is 2.83 bits per heavy atom. The zero-order chi connectivity index (χ0) is 13.4. The summed E-state index contributed by atoms with van der Waals surface area (Å²) in [6.45, 7) is 2.47. The summed E-state index contributed by atoms with van der Waals surface area (Å²) in [5.74, 6) is -1.23. The Morgan fingerprint density at radius 1 is 1.39 bits per heavy atom. The Bertz CT molecular complexity index is 399. The van der Waals surface area contributed by atoms with Crippen molar-refractivity contribution in [3.05, 3.63) is 28.8 Å². The number of nitrogens with zero attached hydrogens (tertiary/aromatic N) is 1. The number of carbonyl (C=O) groups excluding carboxylic acids is 1. The van der Waals surface area contributed by atoms with Crippen molar-refractivity contribution in [2.45, 2.75) is 39.0 Å². The Morgan fingerprint density at radius 2 is 2.11 bits per heavy atom. The molecular weight excluding hydrogens is 257 g/mol. The first-order valence-corrected chi connectivity index (χ1v) is 6.51. The van der Waals surface area contributed by atoms with Gasteiger partial charge in [-0.3, -0.25) is 0 Å². The Labute approximate surface area is 111 Å². The van der Waals surface area contributed by atoms with E-state index in [0.29, 0.717) is 6.61 Å². The van der Waals surface area contributed by atoms with E-state index in [1.807, 2.05) is 0 Å². The number of esters is 1. The molecule has 5 heteroatoms. The molecule has 0 saturated carbocycles. The van der Waals surface area contributed by atoms with E-state index in [-0.39, 0.29) is 10.7 Å². The van der Waals surface area contributed by atoms with Gasteiger partial charge in [0.25, 0.3) is 0 Å². The number of pyridine rings is 1. The van der Waals surface area contributed by atoms with Crippen LogP contribution in [0.3, 0.4) is 0 Å². The van der Waals surface area contributed by atoms with Crippen molar-refractivity contribution in [1.29, 1.82) is 0 Å². The molecule has 0 aliphatic carbocycles. The molecule has 0 radical (unpaired) electrons. The zero-order valence-corrected chi connectivity index (χ0v) is 11.2. The fourth-order valence-electron chi connectivity index (χ4n) is 1.51. The normalized spacial score (nSPS) is 10.4. The average molecular weight is 274 g/mol. The Kier molecular flexibility index (Phi) is 6.65. The van der Waals surface area contributed by atoms with E-state index in [9.17, 15) is 9.18 Å². The van der Waals surface area contributed by atoms with Crippen molar-refractivity contribution in [2.24, 2.45) is 0 Å². The molecule has 1 heterocycles. The summed E-state index contributed by atoms with van der Waals surface area (Å²) in [5, 5.41) is -0.0348. The number of rotatable bonds is 7. The summed E-state index contributed by atoms with van der Waals surface area (Å²) in [5.41, 5.74) is -0.0229. The number of hydrogen-bond donors (Lipinski definition) is 0. The molecule has 0 bridgehead atoms. The highest BCUT2D eigenvalue weighted by Gasteiger charge is 2.13. The van der Waals surface area contributed by atoms with Crippen molar-refractivity contribution in [1.82, 2.24) is 4.98 Å². The average Bonchev–Trinajstić information content (AvgIpc) is 2.36. The minimum atomic E-state index is -0.623. The van der Waals surface area contributed by atoms with Crippen LogP contribution < -0.4 is 0 Å². The third-order valence-corrected chi connectivity index (χ3v) is 2.81. The van der Waals surface area contributed by atoms with Gasteiger partial charge >= 0.3 is 5.97 Å². The summed E-state index contributed by atoms with van der Waals surface area (Å²) in [6, 6.07) is 1.04. The molecule has 0 spiro atoms. The first kappa shape index (κ1) is 14.9. The van der Waals surface area contributed by atoms with Gasteiger partial charge in [-0.15, -0.1) is 0 Å². The van der Waals surface area contributed by atoms with Crippen molar-refractivity contribution in [3.8, 4) is 0 Å². The van der Waals surface area contributed by atoms with Gasteiger partial charge in [0.05, 0.1) is 18.4 Å². The molecule has 18 heavy (non-hydrogen) atoms. The third-order valence-electron chi connectivity index (χ3n) is 2.51. The lowest BCUT2D eigenvalue weighted by Gasteiger charge is -2.05.